The van der Waals surface area contributed by atoms with Crippen molar-refractivity contribution in [1.82, 2.24) is 10.3 Å². The van der Waals surface area contributed by atoms with E-state index in [-0.39, 0.29) is 17.1 Å². The molecule has 1 fully saturated rings. The van der Waals surface area contributed by atoms with Gasteiger partial charge in [0.15, 0.2) is 11.6 Å². The lowest BCUT2D eigenvalue weighted by Gasteiger charge is -2.22. The van der Waals surface area contributed by atoms with Gasteiger partial charge in [-0.05, 0) is 49.1 Å². The van der Waals surface area contributed by atoms with Gasteiger partial charge in [0, 0.05) is 11.2 Å². The average molecular weight is 436 g/mol. The number of hydrogen-bond acceptors (Lipinski definition) is 4. The van der Waals surface area contributed by atoms with Crippen molar-refractivity contribution >= 4 is 40.8 Å². The number of carbonyl (C=O) groups is 2. The first-order valence-electron chi connectivity index (χ1n) is 9.64. The van der Waals surface area contributed by atoms with Crippen molar-refractivity contribution < 1.29 is 14.3 Å². The van der Waals surface area contributed by atoms with Gasteiger partial charge in [0.2, 0.25) is 5.91 Å². The van der Waals surface area contributed by atoms with Gasteiger partial charge >= 0.3 is 0 Å². The van der Waals surface area contributed by atoms with E-state index >= 15 is 0 Å². The standard InChI is InChI=1S/C21H23Cl2N3O3/c22-15-8-9-16(17(23)11-15)21(28)25-12-19(27)26-20-18(7-4-10-24-20)29-13-14-5-2-1-3-6-14/h4,7-11,14H,1-3,5-6,12-13H2,(H,25,28)(H,24,26,27). The van der Waals surface area contributed by atoms with Crippen LogP contribution in [0.3, 0.4) is 0 Å². The first-order valence-corrected chi connectivity index (χ1v) is 10.4. The Morgan fingerprint density at radius 2 is 1.93 bits per heavy atom. The van der Waals surface area contributed by atoms with Crippen LogP contribution in [0.2, 0.25) is 10.0 Å². The Morgan fingerprint density at radius 1 is 1.14 bits per heavy atom. The highest BCUT2D eigenvalue weighted by Crippen LogP contribution is 2.27. The fourth-order valence-corrected chi connectivity index (χ4v) is 3.76. The topological polar surface area (TPSA) is 80.3 Å². The average Bonchev–Trinajstić information content (AvgIpc) is 2.72. The predicted molar refractivity (Wildman–Crippen MR) is 114 cm³/mol. The first-order chi connectivity index (χ1) is 14.0. The van der Waals surface area contributed by atoms with Crippen LogP contribution in [-0.4, -0.2) is 29.9 Å². The largest absolute Gasteiger partial charge is 0.489 e. The molecule has 1 aliphatic rings. The van der Waals surface area contributed by atoms with E-state index in [0.717, 1.165) is 0 Å². The van der Waals surface area contributed by atoms with Crippen LogP contribution in [-0.2, 0) is 4.79 Å². The summed E-state index contributed by atoms with van der Waals surface area (Å²) in [5.41, 5.74) is 0.248. The monoisotopic (exact) mass is 435 g/mol. The highest BCUT2D eigenvalue weighted by Gasteiger charge is 2.17. The number of ether oxygens (including phenoxy) is 1. The van der Waals surface area contributed by atoms with Crippen LogP contribution in [0.15, 0.2) is 36.5 Å². The number of nitrogens with zero attached hydrogens (tertiary/aromatic N) is 1. The van der Waals surface area contributed by atoms with Crippen LogP contribution in [0.4, 0.5) is 5.82 Å². The summed E-state index contributed by atoms with van der Waals surface area (Å²) in [6.07, 6.45) is 7.68. The quantitative estimate of drug-likeness (QED) is 0.659. The number of nitrogens with one attached hydrogen (secondary N) is 2. The molecule has 154 valence electrons. The lowest BCUT2D eigenvalue weighted by molar-refractivity contribution is -0.115. The summed E-state index contributed by atoms with van der Waals surface area (Å²) in [6, 6.07) is 8.08. The normalized spacial score (nSPS) is 14.3. The maximum atomic E-state index is 12.3. The van der Waals surface area contributed by atoms with E-state index in [9.17, 15) is 9.59 Å². The van der Waals surface area contributed by atoms with Gasteiger partial charge in [-0.2, -0.15) is 0 Å². The zero-order valence-corrected chi connectivity index (χ0v) is 17.4. The molecule has 8 heteroatoms. The SMILES string of the molecule is O=C(CNC(=O)c1ccc(Cl)cc1Cl)Nc1ncccc1OCC1CCCCC1. The molecule has 0 aliphatic heterocycles. The maximum Gasteiger partial charge on any atom is 0.253 e. The smallest absolute Gasteiger partial charge is 0.253 e. The van der Waals surface area contributed by atoms with Gasteiger partial charge in [-0.3, -0.25) is 9.59 Å². The molecule has 2 amide bonds. The lowest BCUT2D eigenvalue weighted by atomic mass is 9.90. The van der Waals surface area contributed by atoms with E-state index in [2.05, 4.69) is 15.6 Å². The first kappa shape index (κ1) is 21.4. The second kappa shape index (κ2) is 10.5. The molecule has 1 aromatic carbocycles. The summed E-state index contributed by atoms with van der Waals surface area (Å²) in [5, 5.41) is 5.87. The van der Waals surface area contributed by atoms with Gasteiger partial charge in [0.05, 0.1) is 23.7 Å². The molecule has 0 atom stereocenters. The molecule has 1 aromatic heterocycles. The molecular weight excluding hydrogens is 413 g/mol. The summed E-state index contributed by atoms with van der Waals surface area (Å²) in [5.74, 6) is 0.530. The molecule has 1 aliphatic carbocycles. The molecule has 29 heavy (non-hydrogen) atoms. The molecular formula is C21H23Cl2N3O3. The van der Waals surface area contributed by atoms with Crippen molar-refractivity contribution in [3.05, 3.63) is 52.1 Å². The molecule has 2 N–H and O–H groups in total. The zero-order valence-electron chi connectivity index (χ0n) is 15.9. The van der Waals surface area contributed by atoms with Crippen molar-refractivity contribution in [3.63, 3.8) is 0 Å². The molecule has 0 radical (unpaired) electrons. The molecule has 0 spiro atoms. The van der Waals surface area contributed by atoms with Gasteiger partial charge in [-0.15, -0.1) is 0 Å². The fourth-order valence-electron chi connectivity index (χ4n) is 3.27. The van der Waals surface area contributed by atoms with Crippen LogP contribution in [0.5, 0.6) is 5.75 Å². The molecule has 3 rings (SSSR count). The van der Waals surface area contributed by atoms with Crippen molar-refractivity contribution in [3.8, 4) is 5.75 Å². The number of aromatic nitrogens is 1. The van der Waals surface area contributed by atoms with E-state index in [0.29, 0.717) is 29.1 Å². The zero-order chi connectivity index (χ0) is 20.6. The molecule has 1 saturated carbocycles. The number of halogens is 2. The number of hydrogen-bond donors (Lipinski definition) is 2. The lowest BCUT2D eigenvalue weighted by Crippen LogP contribution is -2.33. The van der Waals surface area contributed by atoms with E-state index in [1.807, 2.05) is 0 Å². The van der Waals surface area contributed by atoms with Gasteiger partial charge in [-0.25, -0.2) is 4.98 Å². The van der Waals surface area contributed by atoms with Crippen LogP contribution in [0, 0.1) is 5.92 Å². The van der Waals surface area contributed by atoms with Crippen molar-refractivity contribution in [2.45, 2.75) is 32.1 Å². The third-order valence-electron chi connectivity index (χ3n) is 4.81. The summed E-state index contributed by atoms with van der Waals surface area (Å²) in [6.45, 7) is 0.386. The Morgan fingerprint density at radius 3 is 2.69 bits per heavy atom. The molecule has 1 heterocycles. The summed E-state index contributed by atoms with van der Waals surface area (Å²) < 4.78 is 5.90. The molecule has 2 aromatic rings. The number of rotatable bonds is 7. The van der Waals surface area contributed by atoms with Crippen LogP contribution < -0.4 is 15.4 Å². The van der Waals surface area contributed by atoms with Crippen LogP contribution in [0.25, 0.3) is 0 Å². The molecule has 6 nitrogen and oxygen atoms in total. The molecule has 0 unspecified atom stereocenters. The molecule has 0 bridgehead atoms. The predicted octanol–water partition coefficient (Wildman–Crippen LogP) is 4.72. The van der Waals surface area contributed by atoms with Crippen molar-refractivity contribution in [1.29, 1.82) is 0 Å². The van der Waals surface area contributed by atoms with Gasteiger partial charge in [-0.1, -0.05) is 42.5 Å². The highest BCUT2D eigenvalue weighted by atomic mass is 35.5. The Bertz CT molecular complexity index is 870. The maximum absolute atomic E-state index is 12.3. The minimum Gasteiger partial charge on any atom is -0.489 e. The fraction of sp³-hybridized carbons (Fsp3) is 0.381. The minimum absolute atomic E-state index is 0.221. The van der Waals surface area contributed by atoms with Gasteiger partial charge in [0.1, 0.15) is 0 Å². The van der Waals surface area contributed by atoms with Crippen molar-refractivity contribution in [2.24, 2.45) is 5.92 Å². The van der Waals surface area contributed by atoms with E-state index in [1.54, 1.807) is 24.4 Å². The second-order valence-corrected chi connectivity index (χ2v) is 7.86. The number of pyridine rings is 1. The van der Waals surface area contributed by atoms with Crippen molar-refractivity contribution in [2.75, 3.05) is 18.5 Å². The van der Waals surface area contributed by atoms with E-state index < -0.39 is 11.8 Å². The number of carbonyl (C=O) groups excluding carboxylic acids is 2. The van der Waals surface area contributed by atoms with E-state index in [1.165, 1.54) is 44.2 Å². The molecule has 0 saturated heterocycles. The summed E-state index contributed by atoms with van der Waals surface area (Å²) in [7, 11) is 0. The Hall–Kier alpha value is -2.31. The third kappa shape index (κ3) is 6.34. The minimum atomic E-state index is -0.461. The van der Waals surface area contributed by atoms with E-state index in [4.69, 9.17) is 27.9 Å². The Kier molecular flexibility index (Phi) is 7.72. The number of amides is 2. The highest BCUT2D eigenvalue weighted by molar-refractivity contribution is 6.36. The summed E-state index contributed by atoms with van der Waals surface area (Å²) >= 11 is 11.8. The van der Waals surface area contributed by atoms with Gasteiger partial charge in [0.25, 0.3) is 5.91 Å². The second-order valence-electron chi connectivity index (χ2n) is 7.02. The van der Waals surface area contributed by atoms with Crippen LogP contribution in [0.1, 0.15) is 42.5 Å². The van der Waals surface area contributed by atoms with Gasteiger partial charge < -0.3 is 15.4 Å². The number of anilines is 1. The van der Waals surface area contributed by atoms with Crippen LogP contribution >= 0.6 is 23.2 Å². The number of benzene rings is 1. The third-order valence-corrected chi connectivity index (χ3v) is 5.36. The Labute approximate surface area is 179 Å². The Balaban J connectivity index is 1.53. The summed E-state index contributed by atoms with van der Waals surface area (Å²) in [4.78, 5) is 28.7.